The molecule has 66 valence electrons. The summed E-state index contributed by atoms with van der Waals surface area (Å²) in [6.07, 6.45) is 5.83. The van der Waals surface area contributed by atoms with Crippen LogP contribution in [0.3, 0.4) is 0 Å². The second-order valence-corrected chi connectivity index (χ2v) is 3.88. The molecule has 1 aromatic rings. The number of thiophene rings is 1. The Bertz CT molecular complexity index is 240. The molecule has 0 bridgehead atoms. The van der Waals surface area contributed by atoms with Gasteiger partial charge in [0.15, 0.2) is 6.29 Å². The predicted octanol–water partition coefficient (Wildman–Crippen LogP) is 3.29. The maximum atomic E-state index is 10.4. The normalized spacial score (nSPS) is 10.1. The van der Waals surface area contributed by atoms with Crippen LogP contribution >= 0.6 is 11.3 Å². The van der Waals surface area contributed by atoms with Gasteiger partial charge in [-0.3, -0.25) is 4.79 Å². The minimum Gasteiger partial charge on any atom is -0.297 e. The van der Waals surface area contributed by atoms with Crippen molar-refractivity contribution in [1.82, 2.24) is 0 Å². The summed E-state index contributed by atoms with van der Waals surface area (Å²) < 4.78 is 0. The van der Waals surface area contributed by atoms with Crippen LogP contribution in [-0.4, -0.2) is 6.29 Å². The van der Waals surface area contributed by atoms with Crippen LogP contribution in [-0.2, 0) is 6.42 Å². The first-order valence-electron chi connectivity index (χ1n) is 4.39. The highest BCUT2D eigenvalue weighted by atomic mass is 32.1. The molecule has 0 atom stereocenters. The van der Waals surface area contributed by atoms with Crippen LogP contribution in [0.2, 0.25) is 0 Å². The Morgan fingerprint density at radius 3 is 2.92 bits per heavy atom. The second kappa shape index (κ2) is 5.09. The number of hydrogen-bond donors (Lipinski definition) is 0. The van der Waals surface area contributed by atoms with Gasteiger partial charge in [0.25, 0.3) is 0 Å². The Morgan fingerprint density at radius 2 is 2.33 bits per heavy atom. The molecule has 0 amide bonds. The zero-order valence-electron chi connectivity index (χ0n) is 7.38. The Morgan fingerprint density at radius 1 is 1.50 bits per heavy atom. The third kappa shape index (κ3) is 2.78. The van der Waals surface area contributed by atoms with Gasteiger partial charge in [0.1, 0.15) is 0 Å². The van der Waals surface area contributed by atoms with Gasteiger partial charge in [0.05, 0.1) is 4.88 Å². The first-order chi connectivity index (χ1) is 5.86. The van der Waals surface area contributed by atoms with Crippen molar-refractivity contribution in [3.63, 3.8) is 0 Å². The van der Waals surface area contributed by atoms with E-state index in [4.69, 9.17) is 0 Å². The lowest BCUT2D eigenvalue weighted by molar-refractivity contribution is 0.112. The van der Waals surface area contributed by atoms with Crippen LogP contribution in [0.15, 0.2) is 11.4 Å². The second-order valence-electron chi connectivity index (χ2n) is 2.93. The number of carbonyl (C=O) groups is 1. The van der Waals surface area contributed by atoms with Gasteiger partial charge in [-0.1, -0.05) is 19.8 Å². The molecule has 0 aliphatic heterocycles. The van der Waals surface area contributed by atoms with Gasteiger partial charge in [-0.05, 0) is 29.9 Å². The molecule has 0 N–H and O–H groups in total. The molecule has 0 aliphatic rings. The number of aryl methyl sites for hydroxylation is 1. The van der Waals surface area contributed by atoms with Gasteiger partial charge in [-0.2, -0.15) is 0 Å². The Hall–Kier alpha value is -0.630. The SMILES string of the molecule is CCCCCc1csc(C=O)c1. The van der Waals surface area contributed by atoms with E-state index in [2.05, 4.69) is 12.3 Å². The average molecular weight is 182 g/mol. The first-order valence-corrected chi connectivity index (χ1v) is 5.27. The Balaban J connectivity index is 2.36. The number of aldehydes is 1. The fourth-order valence-electron chi connectivity index (χ4n) is 1.17. The third-order valence-electron chi connectivity index (χ3n) is 1.86. The molecule has 0 aliphatic carbocycles. The number of hydrogen-bond acceptors (Lipinski definition) is 2. The zero-order chi connectivity index (χ0) is 8.81. The topological polar surface area (TPSA) is 17.1 Å². The van der Waals surface area contributed by atoms with E-state index in [1.54, 1.807) is 0 Å². The molecule has 2 heteroatoms. The lowest BCUT2D eigenvalue weighted by Crippen LogP contribution is -1.81. The quantitative estimate of drug-likeness (QED) is 0.504. The molecule has 12 heavy (non-hydrogen) atoms. The van der Waals surface area contributed by atoms with Crippen LogP contribution in [0.25, 0.3) is 0 Å². The van der Waals surface area contributed by atoms with E-state index in [0.29, 0.717) is 0 Å². The van der Waals surface area contributed by atoms with E-state index in [1.807, 2.05) is 6.07 Å². The van der Waals surface area contributed by atoms with Gasteiger partial charge >= 0.3 is 0 Å². The average Bonchev–Trinajstić information content (AvgIpc) is 2.53. The summed E-state index contributed by atoms with van der Waals surface area (Å²) in [5.41, 5.74) is 1.32. The summed E-state index contributed by atoms with van der Waals surface area (Å²) in [6.45, 7) is 2.20. The molecular weight excluding hydrogens is 168 g/mol. The van der Waals surface area contributed by atoms with Gasteiger partial charge in [-0.25, -0.2) is 0 Å². The van der Waals surface area contributed by atoms with Crippen LogP contribution in [0.1, 0.15) is 41.4 Å². The predicted molar refractivity (Wildman–Crippen MR) is 52.9 cm³/mol. The van der Waals surface area contributed by atoms with E-state index in [1.165, 1.54) is 36.2 Å². The van der Waals surface area contributed by atoms with Crippen LogP contribution in [0.5, 0.6) is 0 Å². The Kier molecular flexibility index (Phi) is 4.01. The zero-order valence-corrected chi connectivity index (χ0v) is 8.19. The molecule has 0 radical (unpaired) electrons. The molecule has 0 saturated carbocycles. The van der Waals surface area contributed by atoms with E-state index in [-0.39, 0.29) is 0 Å². The van der Waals surface area contributed by atoms with E-state index in [0.717, 1.165) is 17.6 Å². The number of unbranched alkanes of at least 4 members (excludes halogenated alkanes) is 2. The van der Waals surface area contributed by atoms with Gasteiger partial charge in [0, 0.05) is 0 Å². The van der Waals surface area contributed by atoms with Crippen molar-refractivity contribution in [1.29, 1.82) is 0 Å². The molecule has 0 unspecified atom stereocenters. The minimum absolute atomic E-state index is 0.849. The molecule has 0 saturated heterocycles. The van der Waals surface area contributed by atoms with Crippen molar-refractivity contribution in [2.75, 3.05) is 0 Å². The largest absolute Gasteiger partial charge is 0.297 e. The van der Waals surface area contributed by atoms with Gasteiger partial charge < -0.3 is 0 Å². The molecule has 0 fully saturated rings. The molecule has 0 spiro atoms. The first kappa shape index (κ1) is 9.46. The summed E-state index contributed by atoms with van der Waals surface area (Å²) in [4.78, 5) is 11.2. The molecule has 1 aromatic heterocycles. The summed E-state index contributed by atoms with van der Waals surface area (Å²) in [6, 6.07) is 1.99. The summed E-state index contributed by atoms with van der Waals surface area (Å²) >= 11 is 1.54. The van der Waals surface area contributed by atoms with E-state index < -0.39 is 0 Å². The number of rotatable bonds is 5. The highest BCUT2D eigenvalue weighted by Crippen LogP contribution is 2.14. The summed E-state index contributed by atoms with van der Waals surface area (Å²) in [5, 5.41) is 2.08. The van der Waals surface area contributed by atoms with Crippen molar-refractivity contribution in [3.05, 3.63) is 21.9 Å². The van der Waals surface area contributed by atoms with Gasteiger partial charge in [-0.15, -0.1) is 11.3 Å². The third-order valence-corrected chi connectivity index (χ3v) is 2.77. The molecule has 1 rings (SSSR count). The fraction of sp³-hybridized carbons (Fsp3) is 0.500. The maximum Gasteiger partial charge on any atom is 0.160 e. The van der Waals surface area contributed by atoms with Crippen molar-refractivity contribution in [2.45, 2.75) is 32.6 Å². The maximum absolute atomic E-state index is 10.4. The van der Waals surface area contributed by atoms with Crippen molar-refractivity contribution in [3.8, 4) is 0 Å². The van der Waals surface area contributed by atoms with E-state index >= 15 is 0 Å². The lowest BCUT2D eigenvalue weighted by Gasteiger charge is -1.94. The summed E-state index contributed by atoms with van der Waals surface area (Å²) in [7, 11) is 0. The fourth-order valence-corrected chi connectivity index (χ4v) is 1.91. The van der Waals surface area contributed by atoms with Gasteiger partial charge in [0.2, 0.25) is 0 Å². The standard InChI is InChI=1S/C10H14OS/c1-2-3-4-5-9-6-10(7-11)12-8-9/h6-8H,2-5H2,1H3. The lowest BCUT2D eigenvalue weighted by atomic mass is 10.1. The smallest absolute Gasteiger partial charge is 0.160 e. The van der Waals surface area contributed by atoms with E-state index in [9.17, 15) is 4.79 Å². The van der Waals surface area contributed by atoms with Crippen molar-refractivity contribution < 1.29 is 4.79 Å². The molecule has 0 aromatic carbocycles. The highest BCUT2D eigenvalue weighted by molar-refractivity contribution is 7.11. The number of carbonyl (C=O) groups excluding carboxylic acids is 1. The molecule has 1 nitrogen and oxygen atoms in total. The monoisotopic (exact) mass is 182 g/mol. The van der Waals surface area contributed by atoms with Crippen molar-refractivity contribution in [2.24, 2.45) is 0 Å². The minimum atomic E-state index is 0.849. The molecular formula is C10H14OS. The van der Waals surface area contributed by atoms with Crippen LogP contribution < -0.4 is 0 Å². The molecule has 1 heterocycles. The highest BCUT2D eigenvalue weighted by Gasteiger charge is 1.97. The van der Waals surface area contributed by atoms with Crippen LogP contribution in [0, 0.1) is 0 Å². The Labute approximate surface area is 77.4 Å². The van der Waals surface area contributed by atoms with Crippen LogP contribution in [0.4, 0.5) is 0 Å². The van der Waals surface area contributed by atoms with Crippen molar-refractivity contribution >= 4 is 17.6 Å². The summed E-state index contributed by atoms with van der Waals surface area (Å²) in [5.74, 6) is 0.